The number of hydrogen-bond donors (Lipinski definition) is 2. The van der Waals surface area contributed by atoms with Gasteiger partial charge in [0, 0.05) is 37.9 Å². The SMILES string of the molecule is Cc1ccc(S(=O)(=O)c2n[nH]n3c2nc(=O)c2ccc(N4CCN(CC(=O)NC5CC5)CC4)cc23)c(C)c1. The Hall–Kier alpha value is -3.77. The molecule has 1 saturated carbocycles. The molecule has 0 bridgehead atoms. The average Bonchev–Trinajstić information content (AvgIpc) is 3.58. The van der Waals surface area contributed by atoms with E-state index in [9.17, 15) is 18.0 Å². The van der Waals surface area contributed by atoms with Gasteiger partial charge in [-0.25, -0.2) is 18.1 Å². The topological polar surface area (TPSA) is 133 Å². The number of piperazine rings is 1. The summed E-state index contributed by atoms with van der Waals surface area (Å²) in [5.74, 6) is 0.0757. The van der Waals surface area contributed by atoms with Gasteiger partial charge in [-0.1, -0.05) is 17.7 Å². The molecule has 0 unspecified atom stereocenters. The summed E-state index contributed by atoms with van der Waals surface area (Å²) in [5, 5.41) is 9.96. The van der Waals surface area contributed by atoms with Crippen molar-refractivity contribution in [3.63, 3.8) is 0 Å². The highest BCUT2D eigenvalue weighted by molar-refractivity contribution is 7.91. The minimum atomic E-state index is -4.02. The largest absolute Gasteiger partial charge is 0.369 e. The van der Waals surface area contributed by atoms with Crippen LogP contribution in [0.2, 0.25) is 0 Å². The minimum Gasteiger partial charge on any atom is -0.369 e. The number of carbonyl (C=O) groups excluding carboxylic acids is 1. The molecule has 1 aliphatic carbocycles. The maximum atomic E-state index is 13.5. The molecule has 1 amide bonds. The van der Waals surface area contributed by atoms with Crippen molar-refractivity contribution in [2.24, 2.45) is 0 Å². The molecule has 1 aliphatic heterocycles. The van der Waals surface area contributed by atoms with Crippen molar-refractivity contribution in [3.05, 3.63) is 57.9 Å². The molecule has 2 aromatic heterocycles. The third-order valence-electron chi connectivity index (χ3n) is 7.24. The number of aromatic nitrogens is 4. The van der Waals surface area contributed by atoms with Gasteiger partial charge >= 0.3 is 0 Å². The van der Waals surface area contributed by atoms with Crippen LogP contribution in [0, 0.1) is 13.8 Å². The lowest BCUT2D eigenvalue weighted by Crippen LogP contribution is -2.49. The van der Waals surface area contributed by atoms with E-state index in [2.05, 4.69) is 30.4 Å². The lowest BCUT2D eigenvalue weighted by molar-refractivity contribution is -0.122. The van der Waals surface area contributed by atoms with Crippen LogP contribution < -0.4 is 15.8 Å². The number of nitrogens with one attached hydrogen (secondary N) is 2. The van der Waals surface area contributed by atoms with Crippen molar-refractivity contribution in [2.75, 3.05) is 37.6 Å². The van der Waals surface area contributed by atoms with E-state index >= 15 is 0 Å². The summed E-state index contributed by atoms with van der Waals surface area (Å²) in [6, 6.07) is 10.9. The van der Waals surface area contributed by atoms with Gasteiger partial charge in [-0.3, -0.25) is 14.5 Å². The summed E-state index contributed by atoms with van der Waals surface area (Å²) >= 11 is 0. The summed E-state index contributed by atoms with van der Waals surface area (Å²) in [4.78, 5) is 33.6. The van der Waals surface area contributed by atoms with Gasteiger partial charge in [-0.05, 0) is 56.5 Å². The summed E-state index contributed by atoms with van der Waals surface area (Å²) in [5.41, 5.74) is 2.39. The summed E-state index contributed by atoms with van der Waals surface area (Å²) in [6.45, 7) is 6.95. The van der Waals surface area contributed by atoms with E-state index < -0.39 is 15.4 Å². The maximum Gasteiger partial charge on any atom is 0.281 e. The number of rotatable bonds is 6. The molecule has 2 aliphatic rings. The van der Waals surface area contributed by atoms with Crippen LogP contribution in [0.25, 0.3) is 16.6 Å². The number of aromatic amines is 1. The molecule has 2 N–H and O–H groups in total. The van der Waals surface area contributed by atoms with Crippen LogP contribution in [-0.4, -0.2) is 77.8 Å². The molecular weight excluding hydrogens is 506 g/mol. The molecule has 4 aromatic rings. The number of fused-ring (bicyclic) bond motifs is 3. The normalized spacial score (nSPS) is 16.8. The number of anilines is 1. The van der Waals surface area contributed by atoms with Crippen LogP contribution in [0.4, 0.5) is 5.69 Å². The summed E-state index contributed by atoms with van der Waals surface area (Å²) in [6.07, 6.45) is 2.14. The van der Waals surface area contributed by atoms with Crippen molar-refractivity contribution >= 4 is 38.0 Å². The van der Waals surface area contributed by atoms with Gasteiger partial charge in [0.25, 0.3) is 5.56 Å². The lowest BCUT2D eigenvalue weighted by Gasteiger charge is -2.35. The van der Waals surface area contributed by atoms with Crippen LogP contribution in [0.15, 0.2) is 51.1 Å². The van der Waals surface area contributed by atoms with Gasteiger partial charge < -0.3 is 10.2 Å². The standard InChI is InChI=1S/C26H29N7O4S/c1-16-3-8-22(17(2)13-16)38(36,37)26-24-28-25(35)20-7-6-19(14-21(20)33(24)30-29-26)32-11-9-31(10-12-32)15-23(34)27-18-4-5-18/h3,6-8,13-14,18,30H,4-5,9-12,15H2,1-2H3,(H,27,34). The Morgan fingerprint density at radius 2 is 1.84 bits per heavy atom. The van der Waals surface area contributed by atoms with Crippen LogP contribution in [0.3, 0.4) is 0 Å². The van der Waals surface area contributed by atoms with Crippen LogP contribution in [0.5, 0.6) is 0 Å². The van der Waals surface area contributed by atoms with E-state index in [-0.39, 0.29) is 21.5 Å². The molecule has 1 saturated heterocycles. The van der Waals surface area contributed by atoms with Gasteiger partial charge in [0.1, 0.15) is 0 Å². The number of carbonyl (C=O) groups is 1. The number of H-pyrrole nitrogens is 1. The average molecular weight is 536 g/mol. The van der Waals surface area contributed by atoms with E-state index in [1.165, 1.54) is 4.52 Å². The van der Waals surface area contributed by atoms with E-state index in [1.807, 2.05) is 19.1 Å². The molecule has 11 nitrogen and oxygen atoms in total. The first-order valence-corrected chi connectivity index (χ1v) is 14.2. The third-order valence-corrected chi connectivity index (χ3v) is 9.06. The number of hydrogen-bond acceptors (Lipinski definition) is 8. The van der Waals surface area contributed by atoms with E-state index in [0.29, 0.717) is 29.1 Å². The second-order valence-corrected chi connectivity index (χ2v) is 12.0. The fraction of sp³-hybridized carbons (Fsp3) is 0.385. The minimum absolute atomic E-state index is 0.0360. The fourth-order valence-corrected chi connectivity index (χ4v) is 6.52. The predicted molar refractivity (Wildman–Crippen MR) is 142 cm³/mol. The molecular formula is C26H29N7O4S. The zero-order valence-corrected chi connectivity index (χ0v) is 22.1. The number of benzene rings is 2. The number of nitrogens with zero attached hydrogens (tertiary/aromatic N) is 5. The number of aryl methyl sites for hydroxylation is 2. The Morgan fingerprint density at radius 1 is 1.08 bits per heavy atom. The van der Waals surface area contributed by atoms with Gasteiger partial charge in [-0.2, -0.15) is 4.98 Å². The number of sulfone groups is 1. The first kappa shape index (κ1) is 24.6. The third kappa shape index (κ3) is 4.43. The molecule has 0 radical (unpaired) electrons. The Kier molecular flexibility index (Phi) is 5.95. The van der Waals surface area contributed by atoms with Crippen LogP contribution >= 0.6 is 0 Å². The first-order chi connectivity index (χ1) is 18.2. The van der Waals surface area contributed by atoms with Crippen molar-refractivity contribution in [1.29, 1.82) is 0 Å². The highest BCUT2D eigenvalue weighted by Gasteiger charge is 2.29. The molecule has 0 atom stereocenters. The van der Waals surface area contributed by atoms with Gasteiger partial charge in [0.05, 0.1) is 22.3 Å². The Labute approximate surface area is 219 Å². The van der Waals surface area contributed by atoms with Crippen molar-refractivity contribution in [1.82, 2.24) is 30.0 Å². The molecule has 38 heavy (non-hydrogen) atoms. The molecule has 2 fully saturated rings. The maximum absolute atomic E-state index is 13.5. The van der Waals surface area contributed by atoms with E-state index in [1.54, 1.807) is 31.2 Å². The quantitative estimate of drug-likeness (QED) is 0.379. The molecule has 6 rings (SSSR count). The summed E-state index contributed by atoms with van der Waals surface area (Å²) in [7, 11) is -4.02. The Balaban J connectivity index is 1.30. The predicted octanol–water partition coefficient (Wildman–Crippen LogP) is 1.42. The molecule has 0 spiro atoms. The van der Waals surface area contributed by atoms with Crippen molar-refractivity contribution in [3.8, 4) is 0 Å². The zero-order valence-electron chi connectivity index (χ0n) is 21.3. The highest BCUT2D eigenvalue weighted by Crippen LogP contribution is 2.27. The molecule has 198 valence electrons. The lowest BCUT2D eigenvalue weighted by atomic mass is 10.2. The van der Waals surface area contributed by atoms with Gasteiger partial charge in [-0.15, -0.1) is 5.10 Å². The van der Waals surface area contributed by atoms with Crippen LogP contribution in [0.1, 0.15) is 24.0 Å². The zero-order chi connectivity index (χ0) is 26.6. The number of amides is 1. The second-order valence-electron chi connectivity index (χ2n) is 10.2. The van der Waals surface area contributed by atoms with Crippen LogP contribution in [-0.2, 0) is 14.6 Å². The van der Waals surface area contributed by atoms with Gasteiger partial charge in [0.15, 0.2) is 5.65 Å². The highest BCUT2D eigenvalue weighted by atomic mass is 32.2. The smallest absolute Gasteiger partial charge is 0.281 e. The van der Waals surface area contributed by atoms with E-state index in [0.717, 1.165) is 50.3 Å². The van der Waals surface area contributed by atoms with Crippen molar-refractivity contribution in [2.45, 2.75) is 42.7 Å². The van der Waals surface area contributed by atoms with Crippen molar-refractivity contribution < 1.29 is 13.2 Å². The molecule has 3 heterocycles. The Morgan fingerprint density at radius 3 is 2.55 bits per heavy atom. The Bertz CT molecular complexity index is 1730. The molecule has 12 heteroatoms. The first-order valence-electron chi connectivity index (χ1n) is 12.7. The summed E-state index contributed by atoms with van der Waals surface area (Å²) < 4.78 is 28.4. The molecule has 2 aromatic carbocycles. The van der Waals surface area contributed by atoms with Gasteiger partial charge in [0.2, 0.25) is 20.8 Å². The fourth-order valence-electron chi connectivity index (χ4n) is 5.05. The van der Waals surface area contributed by atoms with E-state index in [4.69, 9.17) is 0 Å². The second kappa shape index (κ2) is 9.21. The monoisotopic (exact) mass is 535 g/mol.